The van der Waals surface area contributed by atoms with Gasteiger partial charge in [-0.05, 0) is 25.0 Å². The van der Waals surface area contributed by atoms with Crippen molar-refractivity contribution in [3.8, 4) is 0 Å². The molecule has 0 atom stereocenters. The van der Waals surface area contributed by atoms with Crippen molar-refractivity contribution >= 4 is 22.4 Å². The van der Waals surface area contributed by atoms with Gasteiger partial charge >= 0.3 is 6.18 Å². The molecule has 2 aromatic rings. The number of carbonyl (C=O) groups excluding carboxylic acids is 1. The van der Waals surface area contributed by atoms with Gasteiger partial charge in [-0.2, -0.15) is 13.2 Å². The average molecular weight is 430 g/mol. The molecule has 158 valence electrons. The number of pyridine rings is 1. The van der Waals surface area contributed by atoms with Gasteiger partial charge in [0, 0.05) is 25.4 Å². The van der Waals surface area contributed by atoms with Crippen LogP contribution in [0.3, 0.4) is 0 Å². The molecule has 2 heterocycles. The van der Waals surface area contributed by atoms with Gasteiger partial charge in [0.05, 0.1) is 17.8 Å². The molecule has 0 saturated carbocycles. The van der Waals surface area contributed by atoms with E-state index in [9.17, 15) is 18.0 Å². The lowest BCUT2D eigenvalue weighted by Gasteiger charge is -2.14. The summed E-state index contributed by atoms with van der Waals surface area (Å²) in [6.45, 7) is 0.240. The SMILES string of the molecule is N/C(=C\N(N)CCCCc1nnc(N)s1)C(=O)NCc1cc(C(F)(F)F)ccn1. The summed E-state index contributed by atoms with van der Waals surface area (Å²) in [7, 11) is 0. The normalized spacial score (nSPS) is 12.1. The van der Waals surface area contributed by atoms with Crippen molar-refractivity contribution in [3.05, 3.63) is 46.5 Å². The van der Waals surface area contributed by atoms with E-state index >= 15 is 0 Å². The van der Waals surface area contributed by atoms with Crippen LogP contribution in [0.2, 0.25) is 0 Å². The van der Waals surface area contributed by atoms with Gasteiger partial charge < -0.3 is 21.8 Å². The standard InChI is InChI=1S/C16H21F3N8OS/c17-16(18,19)10-4-5-23-11(7-10)8-24-14(28)12(20)9-27(22)6-2-1-3-13-25-26-15(21)29-13/h4-5,7,9H,1-3,6,8,20,22H2,(H2,21,26)(H,24,28)/b12-9-. The molecular formula is C16H21F3N8OS. The second-order valence-corrected chi connectivity index (χ2v) is 7.12. The number of nitrogen functional groups attached to an aromatic ring is 1. The fourth-order valence-electron chi connectivity index (χ4n) is 2.26. The Morgan fingerprint density at radius 3 is 2.72 bits per heavy atom. The predicted octanol–water partition coefficient (Wildman–Crippen LogP) is 1.15. The lowest BCUT2D eigenvalue weighted by molar-refractivity contribution is -0.137. The van der Waals surface area contributed by atoms with Crippen molar-refractivity contribution in [1.29, 1.82) is 0 Å². The fourth-order valence-corrected chi connectivity index (χ4v) is 2.92. The maximum absolute atomic E-state index is 12.7. The van der Waals surface area contributed by atoms with Gasteiger partial charge in [-0.25, -0.2) is 5.84 Å². The molecule has 0 aliphatic carbocycles. The molecule has 2 rings (SSSR count). The summed E-state index contributed by atoms with van der Waals surface area (Å²) in [6.07, 6.45) is 0.0356. The molecule has 0 radical (unpaired) electrons. The molecule has 0 aliphatic heterocycles. The second-order valence-electron chi connectivity index (χ2n) is 6.03. The van der Waals surface area contributed by atoms with E-state index < -0.39 is 17.6 Å². The molecule has 0 bridgehead atoms. The van der Waals surface area contributed by atoms with Gasteiger partial charge in [-0.15, -0.1) is 10.2 Å². The number of unbranched alkanes of at least 4 members (excludes halogenated alkanes) is 1. The van der Waals surface area contributed by atoms with E-state index in [0.29, 0.717) is 18.1 Å². The van der Waals surface area contributed by atoms with E-state index in [0.717, 1.165) is 36.2 Å². The third kappa shape index (κ3) is 7.54. The van der Waals surface area contributed by atoms with Gasteiger partial charge in [0.15, 0.2) is 0 Å². The molecule has 0 fully saturated rings. The monoisotopic (exact) mass is 430 g/mol. The van der Waals surface area contributed by atoms with Crippen molar-refractivity contribution in [2.24, 2.45) is 11.6 Å². The summed E-state index contributed by atoms with van der Waals surface area (Å²) in [6, 6.07) is 1.72. The molecule has 0 spiro atoms. The summed E-state index contributed by atoms with van der Waals surface area (Å²) in [4.78, 5) is 15.8. The van der Waals surface area contributed by atoms with Crippen LogP contribution < -0.4 is 22.6 Å². The highest BCUT2D eigenvalue weighted by atomic mass is 32.1. The highest BCUT2D eigenvalue weighted by Gasteiger charge is 2.30. The smallest absolute Gasteiger partial charge is 0.393 e. The number of halogens is 3. The third-order valence-electron chi connectivity index (χ3n) is 3.68. The Morgan fingerprint density at radius 1 is 1.31 bits per heavy atom. The minimum absolute atomic E-state index is 0.0582. The Hall–Kier alpha value is -2.93. The summed E-state index contributed by atoms with van der Waals surface area (Å²) >= 11 is 1.33. The number of aryl methyl sites for hydroxylation is 1. The number of rotatable bonds is 9. The molecule has 0 saturated heterocycles. The second kappa shape index (κ2) is 10.0. The quantitative estimate of drug-likeness (QED) is 0.200. The highest BCUT2D eigenvalue weighted by Crippen LogP contribution is 2.28. The van der Waals surface area contributed by atoms with E-state index in [1.54, 1.807) is 0 Å². The first-order chi connectivity index (χ1) is 13.6. The Kier molecular flexibility index (Phi) is 7.73. The van der Waals surface area contributed by atoms with Crippen molar-refractivity contribution in [1.82, 2.24) is 25.5 Å². The summed E-state index contributed by atoms with van der Waals surface area (Å²) in [5.74, 6) is 5.12. The van der Waals surface area contributed by atoms with Crippen LogP contribution in [0.5, 0.6) is 0 Å². The molecule has 29 heavy (non-hydrogen) atoms. The lowest BCUT2D eigenvalue weighted by Crippen LogP contribution is -2.33. The Labute approximate surface area is 168 Å². The average Bonchev–Trinajstić information content (AvgIpc) is 3.08. The first-order valence-corrected chi connectivity index (χ1v) is 9.33. The van der Waals surface area contributed by atoms with Crippen LogP contribution in [0.1, 0.15) is 29.1 Å². The largest absolute Gasteiger partial charge is 0.416 e. The maximum atomic E-state index is 12.7. The summed E-state index contributed by atoms with van der Waals surface area (Å²) in [5.41, 5.74) is 10.2. The summed E-state index contributed by atoms with van der Waals surface area (Å²) < 4.78 is 38.1. The first kappa shape index (κ1) is 22.4. The van der Waals surface area contributed by atoms with Crippen molar-refractivity contribution in [2.45, 2.75) is 32.0 Å². The van der Waals surface area contributed by atoms with Crippen LogP contribution in [-0.4, -0.2) is 32.6 Å². The number of nitrogens with zero attached hydrogens (tertiary/aromatic N) is 4. The van der Waals surface area contributed by atoms with Gasteiger partial charge in [0.25, 0.3) is 5.91 Å². The Bertz CT molecular complexity index is 855. The fraction of sp³-hybridized carbons (Fsp3) is 0.375. The molecule has 13 heteroatoms. The van der Waals surface area contributed by atoms with E-state index in [2.05, 4.69) is 20.5 Å². The number of carbonyl (C=O) groups is 1. The van der Waals surface area contributed by atoms with Gasteiger partial charge in [0.2, 0.25) is 5.13 Å². The van der Waals surface area contributed by atoms with Crippen molar-refractivity contribution in [2.75, 3.05) is 12.3 Å². The number of aromatic nitrogens is 3. The molecule has 9 nitrogen and oxygen atoms in total. The van der Waals surface area contributed by atoms with Crippen LogP contribution >= 0.6 is 11.3 Å². The van der Waals surface area contributed by atoms with E-state index in [1.165, 1.54) is 22.5 Å². The zero-order chi connectivity index (χ0) is 21.4. The molecule has 0 aliphatic rings. The minimum Gasteiger partial charge on any atom is -0.393 e. The number of hydrazine groups is 1. The number of alkyl halides is 3. The predicted molar refractivity (Wildman–Crippen MR) is 102 cm³/mol. The number of hydrogen-bond donors (Lipinski definition) is 4. The van der Waals surface area contributed by atoms with Crippen LogP contribution in [0.25, 0.3) is 0 Å². The van der Waals surface area contributed by atoms with Crippen LogP contribution in [0.15, 0.2) is 30.2 Å². The van der Waals surface area contributed by atoms with Gasteiger partial charge in [0.1, 0.15) is 10.7 Å². The molecule has 1 amide bonds. The first-order valence-electron chi connectivity index (χ1n) is 8.52. The number of nitrogens with one attached hydrogen (secondary N) is 1. The van der Waals surface area contributed by atoms with E-state index in [1.807, 2.05) is 0 Å². The van der Waals surface area contributed by atoms with E-state index in [4.69, 9.17) is 17.3 Å². The third-order valence-corrected chi connectivity index (χ3v) is 4.49. The molecule has 0 aromatic carbocycles. The molecule has 0 unspecified atom stereocenters. The number of nitrogens with two attached hydrogens (primary N) is 3. The zero-order valence-corrected chi connectivity index (χ0v) is 16.1. The zero-order valence-electron chi connectivity index (χ0n) is 15.3. The minimum atomic E-state index is -4.48. The summed E-state index contributed by atoms with van der Waals surface area (Å²) in [5, 5.41) is 12.6. The number of amides is 1. The lowest BCUT2D eigenvalue weighted by atomic mass is 10.2. The van der Waals surface area contributed by atoms with Crippen LogP contribution in [0.4, 0.5) is 18.3 Å². The number of anilines is 1. The van der Waals surface area contributed by atoms with E-state index in [-0.39, 0.29) is 17.9 Å². The maximum Gasteiger partial charge on any atom is 0.416 e. The highest BCUT2D eigenvalue weighted by molar-refractivity contribution is 7.15. The number of hydrogen-bond acceptors (Lipinski definition) is 9. The topological polar surface area (TPSA) is 149 Å². The van der Waals surface area contributed by atoms with Gasteiger partial charge in [-0.1, -0.05) is 11.3 Å². The molecule has 2 aromatic heterocycles. The van der Waals surface area contributed by atoms with Crippen LogP contribution in [0, 0.1) is 0 Å². The van der Waals surface area contributed by atoms with Crippen LogP contribution in [-0.2, 0) is 23.9 Å². The Morgan fingerprint density at radius 2 is 2.07 bits per heavy atom. The van der Waals surface area contributed by atoms with Gasteiger partial charge in [-0.3, -0.25) is 9.78 Å². The van der Waals surface area contributed by atoms with Crippen molar-refractivity contribution in [3.63, 3.8) is 0 Å². The molecular weight excluding hydrogens is 409 g/mol. The molecule has 7 N–H and O–H groups in total. The van der Waals surface area contributed by atoms with Crippen molar-refractivity contribution < 1.29 is 18.0 Å². The Balaban J connectivity index is 1.75.